The van der Waals surface area contributed by atoms with Crippen molar-refractivity contribution in [3.63, 3.8) is 0 Å². The summed E-state index contributed by atoms with van der Waals surface area (Å²) in [5.41, 5.74) is -0.972. The summed E-state index contributed by atoms with van der Waals surface area (Å²) in [6, 6.07) is 0. The fourth-order valence-corrected chi connectivity index (χ4v) is 3.99. The molecule has 2 N–H and O–H groups in total. The second-order valence-electron chi connectivity index (χ2n) is 9.44. The number of amides is 2. The van der Waals surface area contributed by atoms with E-state index in [2.05, 4.69) is 0 Å². The van der Waals surface area contributed by atoms with Gasteiger partial charge in [0.25, 0.3) is 23.4 Å². The van der Waals surface area contributed by atoms with Crippen molar-refractivity contribution in [2.45, 2.75) is 89.2 Å². The molecule has 0 bridgehead atoms. The molecule has 3 rings (SSSR count). The summed E-state index contributed by atoms with van der Waals surface area (Å²) >= 11 is 0. The van der Waals surface area contributed by atoms with Crippen LogP contribution in [0.1, 0.15) is 54.4 Å². The molecule has 0 aliphatic carbocycles. The Labute approximate surface area is 154 Å². The fraction of sp³-hybridized carbons (Fsp3) is 0.889. The number of rotatable bonds is 0. The van der Waals surface area contributed by atoms with Crippen LogP contribution in [-0.4, -0.2) is 79.8 Å². The lowest BCUT2D eigenvalue weighted by molar-refractivity contribution is -0.410. The lowest BCUT2D eigenvalue weighted by atomic mass is 9.88. The molecule has 0 aromatic heterocycles. The minimum atomic E-state index is -2.19. The molecule has 0 unspecified atom stereocenters. The van der Waals surface area contributed by atoms with Crippen LogP contribution >= 0.6 is 0 Å². The normalized spacial score (nSPS) is 38.9. The van der Waals surface area contributed by atoms with E-state index < -0.39 is 46.7 Å². The Morgan fingerprint density at radius 3 is 1.38 bits per heavy atom. The second kappa shape index (κ2) is 5.64. The molecule has 2 amide bonds. The second-order valence-corrected chi connectivity index (χ2v) is 9.44. The quantitative estimate of drug-likeness (QED) is 0.632. The highest BCUT2D eigenvalue weighted by atomic mass is 16.7. The first-order valence-corrected chi connectivity index (χ1v) is 9.16. The number of carbonyl (C=O) groups is 2. The van der Waals surface area contributed by atoms with Crippen molar-refractivity contribution >= 4 is 11.8 Å². The number of nitrogens with zero attached hydrogens (tertiary/aromatic N) is 2. The van der Waals surface area contributed by atoms with E-state index in [1.165, 1.54) is 0 Å². The molecule has 3 fully saturated rings. The van der Waals surface area contributed by atoms with E-state index in [0.717, 1.165) is 0 Å². The SMILES string of the molecule is CC(C)(C)N1CC[C@@H]2O[C@]3(O)C(=O)N(C(C)(C)C)CC[C@@H]3O[C@@]2(O)C1=O. The molecule has 3 aliphatic heterocycles. The van der Waals surface area contributed by atoms with Gasteiger partial charge in [-0.2, -0.15) is 0 Å². The lowest BCUT2D eigenvalue weighted by Gasteiger charge is -2.57. The number of ether oxygens (including phenoxy) is 2. The summed E-state index contributed by atoms with van der Waals surface area (Å²) in [6.07, 6.45) is -1.67. The summed E-state index contributed by atoms with van der Waals surface area (Å²) in [7, 11) is 0. The summed E-state index contributed by atoms with van der Waals surface area (Å²) < 4.78 is 11.4. The Morgan fingerprint density at radius 1 is 0.808 bits per heavy atom. The van der Waals surface area contributed by atoms with Crippen LogP contribution in [0.25, 0.3) is 0 Å². The van der Waals surface area contributed by atoms with E-state index in [0.29, 0.717) is 13.1 Å². The summed E-state index contributed by atoms with van der Waals surface area (Å²) in [5, 5.41) is 22.0. The number of piperidine rings is 2. The Hall–Kier alpha value is -1.22. The Bertz CT molecular complexity index is 570. The largest absolute Gasteiger partial charge is 0.356 e. The van der Waals surface area contributed by atoms with Crippen molar-refractivity contribution in [3.8, 4) is 0 Å². The number of fused-ring (bicyclic) bond motifs is 2. The predicted molar refractivity (Wildman–Crippen MR) is 91.8 cm³/mol. The van der Waals surface area contributed by atoms with Gasteiger partial charge in [-0.1, -0.05) is 0 Å². The molecule has 3 aliphatic rings. The van der Waals surface area contributed by atoms with E-state index in [1.807, 2.05) is 41.5 Å². The number of aliphatic hydroxyl groups is 2. The molecule has 4 atom stereocenters. The van der Waals surface area contributed by atoms with Gasteiger partial charge in [-0.25, -0.2) is 0 Å². The molecule has 0 radical (unpaired) electrons. The monoisotopic (exact) mass is 370 g/mol. The van der Waals surface area contributed by atoms with Gasteiger partial charge in [0.2, 0.25) is 0 Å². The first-order chi connectivity index (χ1) is 11.7. The molecule has 0 spiro atoms. The van der Waals surface area contributed by atoms with Crippen LogP contribution in [0.4, 0.5) is 0 Å². The minimum absolute atomic E-state index is 0.261. The Morgan fingerprint density at radius 2 is 1.12 bits per heavy atom. The van der Waals surface area contributed by atoms with Gasteiger partial charge in [-0.15, -0.1) is 0 Å². The molecule has 0 aromatic rings. The van der Waals surface area contributed by atoms with Gasteiger partial charge in [0, 0.05) is 24.2 Å². The van der Waals surface area contributed by atoms with Crippen molar-refractivity contribution in [3.05, 3.63) is 0 Å². The topological polar surface area (TPSA) is 99.5 Å². The first kappa shape index (κ1) is 19.5. The lowest BCUT2D eigenvalue weighted by Crippen LogP contribution is -2.78. The minimum Gasteiger partial charge on any atom is -0.356 e. The van der Waals surface area contributed by atoms with Gasteiger partial charge in [0.15, 0.2) is 0 Å². The molecule has 3 saturated heterocycles. The molecule has 148 valence electrons. The van der Waals surface area contributed by atoms with Gasteiger partial charge in [0.1, 0.15) is 12.2 Å². The van der Waals surface area contributed by atoms with Crippen LogP contribution in [0.2, 0.25) is 0 Å². The third kappa shape index (κ3) is 2.74. The van der Waals surface area contributed by atoms with E-state index in [-0.39, 0.29) is 12.8 Å². The zero-order valence-corrected chi connectivity index (χ0v) is 16.4. The average Bonchev–Trinajstić information content (AvgIpc) is 2.46. The van der Waals surface area contributed by atoms with E-state index in [9.17, 15) is 19.8 Å². The highest BCUT2D eigenvalue weighted by molar-refractivity contribution is 5.88. The maximum atomic E-state index is 12.9. The van der Waals surface area contributed by atoms with Gasteiger partial charge >= 0.3 is 0 Å². The van der Waals surface area contributed by atoms with Crippen LogP contribution < -0.4 is 0 Å². The number of hydrogen-bond donors (Lipinski definition) is 2. The Balaban J connectivity index is 1.91. The van der Waals surface area contributed by atoms with Crippen LogP contribution in [0.15, 0.2) is 0 Å². The molecule has 3 heterocycles. The highest BCUT2D eigenvalue weighted by Gasteiger charge is 2.67. The maximum Gasteiger partial charge on any atom is 0.286 e. The van der Waals surface area contributed by atoms with Gasteiger partial charge in [-0.05, 0) is 54.4 Å². The molecule has 8 nitrogen and oxygen atoms in total. The first-order valence-electron chi connectivity index (χ1n) is 9.16. The van der Waals surface area contributed by atoms with Crippen molar-refractivity contribution in [2.24, 2.45) is 0 Å². The highest BCUT2D eigenvalue weighted by Crippen LogP contribution is 2.44. The molecular weight excluding hydrogens is 340 g/mol. The zero-order valence-electron chi connectivity index (χ0n) is 16.4. The average molecular weight is 370 g/mol. The van der Waals surface area contributed by atoms with Crippen LogP contribution in [0.3, 0.4) is 0 Å². The predicted octanol–water partition coefficient (Wildman–Crippen LogP) is 0.209. The zero-order chi connectivity index (χ0) is 19.7. The third-order valence-electron chi connectivity index (χ3n) is 5.47. The number of carbonyl (C=O) groups excluding carboxylic acids is 2. The van der Waals surface area contributed by atoms with Crippen molar-refractivity contribution in [1.82, 2.24) is 9.80 Å². The fourth-order valence-electron chi connectivity index (χ4n) is 3.99. The molecule has 0 saturated carbocycles. The van der Waals surface area contributed by atoms with E-state index in [1.54, 1.807) is 9.80 Å². The van der Waals surface area contributed by atoms with E-state index in [4.69, 9.17) is 9.47 Å². The van der Waals surface area contributed by atoms with Crippen molar-refractivity contribution in [2.75, 3.05) is 13.1 Å². The van der Waals surface area contributed by atoms with Crippen molar-refractivity contribution < 1.29 is 29.3 Å². The van der Waals surface area contributed by atoms with Crippen LogP contribution in [-0.2, 0) is 19.1 Å². The van der Waals surface area contributed by atoms with Crippen molar-refractivity contribution in [1.29, 1.82) is 0 Å². The molecule has 8 heteroatoms. The molecule has 26 heavy (non-hydrogen) atoms. The van der Waals surface area contributed by atoms with E-state index >= 15 is 0 Å². The number of likely N-dealkylation sites (tertiary alicyclic amines) is 2. The summed E-state index contributed by atoms with van der Waals surface area (Å²) in [6.45, 7) is 11.9. The number of hydrogen-bond acceptors (Lipinski definition) is 6. The van der Waals surface area contributed by atoms with Crippen LogP contribution in [0, 0.1) is 0 Å². The summed E-state index contributed by atoms with van der Waals surface area (Å²) in [4.78, 5) is 28.9. The smallest absolute Gasteiger partial charge is 0.286 e. The summed E-state index contributed by atoms with van der Waals surface area (Å²) in [5.74, 6) is -5.55. The Kier molecular flexibility index (Phi) is 4.24. The standard InChI is InChI=1S/C18H30N2O6/c1-15(2,3)19-9-7-11-17(23,13(19)21)25-12-8-10-20(16(4,5)6)14(22)18(12,24)26-11/h11-12,23-24H,7-10H2,1-6H3/t11-,12-,17-,18+/m0/s1. The van der Waals surface area contributed by atoms with Gasteiger partial charge in [-0.3, -0.25) is 9.59 Å². The molecule has 0 aromatic carbocycles. The third-order valence-corrected chi connectivity index (χ3v) is 5.47. The van der Waals surface area contributed by atoms with Gasteiger partial charge in [0.05, 0.1) is 0 Å². The van der Waals surface area contributed by atoms with Gasteiger partial charge < -0.3 is 29.5 Å². The van der Waals surface area contributed by atoms with Crippen LogP contribution in [0.5, 0.6) is 0 Å². The molecular formula is C18H30N2O6. The maximum absolute atomic E-state index is 12.9.